The van der Waals surface area contributed by atoms with Crippen LogP contribution in [0.5, 0.6) is 0 Å². The van der Waals surface area contributed by atoms with Gasteiger partial charge in [0.2, 0.25) is 0 Å². The first-order valence-corrected chi connectivity index (χ1v) is 30.9. The summed E-state index contributed by atoms with van der Waals surface area (Å²) in [6.45, 7) is 5.69. The van der Waals surface area contributed by atoms with Gasteiger partial charge in [-0.25, -0.2) is 4.79 Å². The molecule has 448 valence electrons. The average molecular weight is 1110 g/mol. The van der Waals surface area contributed by atoms with E-state index >= 15 is 0 Å². The molecule has 0 spiro atoms. The van der Waals surface area contributed by atoms with Crippen molar-refractivity contribution in [3.63, 3.8) is 0 Å². The third kappa shape index (κ3) is 43.8. The zero-order valence-corrected chi connectivity index (χ0v) is 49.3. The molecule has 6 unspecified atom stereocenters. The molecule has 0 aromatic heterocycles. The van der Waals surface area contributed by atoms with Crippen LogP contribution in [0.4, 0.5) is 0 Å². The predicted octanol–water partition coefficient (Wildman–Crippen LogP) is 16.2. The minimum Gasteiger partial charge on any atom is -0.479 e. The summed E-state index contributed by atoms with van der Waals surface area (Å²) in [5.74, 6) is -3.31. The van der Waals surface area contributed by atoms with E-state index in [1.165, 1.54) is 96.3 Å². The third-order valence-corrected chi connectivity index (χ3v) is 13.4. The Labute approximate surface area is 478 Å². The highest BCUT2D eigenvalue weighted by Crippen LogP contribution is 2.26. The molecule has 12 heteroatoms. The van der Waals surface area contributed by atoms with Gasteiger partial charge >= 0.3 is 23.9 Å². The summed E-state index contributed by atoms with van der Waals surface area (Å²) >= 11 is 0. The Morgan fingerprint density at radius 2 is 0.823 bits per heavy atom. The van der Waals surface area contributed by atoms with E-state index in [9.17, 15) is 34.5 Å². The lowest BCUT2D eigenvalue weighted by molar-refractivity contribution is -0.301. The topological polar surface area (TPSA) is 175 Å². The van der Waals surface area contributed by atoms with Crippen LogP contribution in [0.15, 0.2) is 109 Å². The van der Waals surface area contributed by atoms with Gasteiger partial charge in [0, 0.05) is 19.3 Å². The standard InChI is InChI=1S/C67H108O12/c1-4-7-10-13-16-19-22-25-27-29-30-32-33-36-38-41-44-47-50-53-59(68)75-56-58(77-60(69)54-51-48-45-42-40-37-34-31-28-26-23-20-17-14-11-8-5-2)57-76-67-65(63(72)62(71)64(79-67)66(73)74)78-61(70)55-52-49-46-43-39-35-24-21-18-15-12-9-6-3/h8-9,11-12,17-18,20-21,26,28,34-35,37,39,42,45-46,49,58,62-65,67,71-72H,4-7,10,13-16,19,22-25,27,29-33,36,38,40-41,43-44,47-48,50-57H2,1-3H3,(H,73,74)/b11-8-,12-9-,20-17-,21-18-,28-26-,37-34-,39-35-,45-42-,49-46-. The number of unbranched alkanes of at least 4 members (excludes halogenated alkanes) is 19. The van der Waals surface area contributed by atoms with Crippen molar-refractivity contribution in [2.45, 2.75) is 276 Å². The quantitative estimate of drug-likeness (QED) is 0.0228. The molecule has 1 heterocycles. The monoisotopic (exact) mass is 1100 g/mol. The van der Waals surface area contributed by atoms with Gasteiger partial charge in [0.25, 0.3) is 0 Å². The fourth-order valence-electron chi connectivity index (χ4n) is 8.71. The number of carbonyl (C=O) groups is 4. The van der Waals surface area contributed by atoms with E-state index in [1.54, 1.807) is 0 Å². The van der Waals surface area contributed by atoms with Crippen molar-refractivity contribution in [3.8, 4) is 0 Å². The van der Waals surface area contributed by atoms with Crippen molar-refractivity contribution in [1.82, 2.24) is 0 Å². The van der Waals surface area contributed by atoms with Crippen LogP contribution in [0.25, 0.3) is 0 Å². The normalized spacial score (nSPS) is 18.6. The third-order valence-electron chi connectivity index (χ3n) is 13.4. The maximum absolute atomic E-state index is 13.1. The predicted molar refractivity (Wildman–Crippen MR) is 321 cm³/mol. The highest BCUT2D eigenvalue weighted by molar-refractivity contribution is 5.74. The number of esters is 3. The van der Waals surface area contributed by atoms with Gasteiger partial charge in [-0.15, -0.1) is 0 Å². The molecule has 0 aromatic carbocycles. The Morgan fingerprint density at radius 3 is 1.25 bits per heavy atom. The molecule has 1 aliphatic heterocycles. The zero-order valence-electron chi connectivity index (χ0n) is 49.3. The Bertz CT molecular complexity index is 1790. The van der Waals surface area contributed by atoms with Gasteiger partial charge in [0.05, 0.1) is 6.61 Å². The second kappa shape index (κ2) is 54.0. The molecular weight excluding hydrogens is 997 g/mol. The van der Waals surface area contributed by atoms with Crippen molar-refractivity contribution in [2.75, 3.05) is 13.2 Å². The number of aliphatic hydroxyl groups is 2. The summed E-state index contributed by atoms with van der Waals surface area (Å²) in [6, 6.07) is 0. The fourth-order valence-corrected chi connectivity index (χ4v) is 8.71. The first-order valence-electron chi connectivity index (χ1n) is 30.9. The highest BCUT2D eigenvalue weighted by atomic mass is 16.7. The van der Waals surface area contributed by atoms with Crippen LogP contribution in [0.2, 0.25) is 0 Å². The first-order chi connectivity index (χ1) is 38.6. The number of hydrogen-bond acceptors (Lipinski definition) is 11. The summed E-state index contributed by atoms with van der Waals surface area (Å²) in [7, 11) is 0. The molecular formula is C67H108O12. The number of hydrogen-bond donors (Lipinski definition) is 3. The van der Waals surface area contributed by atoms with E-state index < -0.39 is 67.3 Å². The molecule has 3 N–H and O–H groups in total. The van der Waals surface area contributed by atoms with Gasteiger partial charge in [-0.05, 0) is 83.5 Å². The van der Waals surface area contributed by atoms with Gasteiger partial charge in [-0.2, -0.15) is 0 Å². The molecule has 0 aliphatic carbocycles. The molecule has 0 aromatic rings. The van der Waals surface area contributed by atoms with Crippen molar-refractivity contribution in [3.05, 3.63) is 109 Å². The molecule has 6 atom stereocenters. The summed E-state index contributed by atoms with van der Waals surface area (Å²) < 4.78 is 28.3. The van der Waals surface area contributed by atoms with Crippen molar-refractivity contribution >= 4 is 23.9 Å². The van der Waals surface area contributed by atoms with Gasteiger partial charge in [-0.1, -0.05) is 246 Å². The molecule has 1 saturated heterocycles. The number of rotatable bonds is 51. The number of carboxylic acids is 1. The Kier molecular flexibility index (Phi) is 49.5. The summed E-state index contributed by atoms with van der Waals surface area (Å²) in [5, 5.41) is 31.5. The Balaban J connectivity index is 2.73. The van der Waals surface area contributed by atoms with Crippen LogP contribution in [0, 0.1) is 0 Å². The molecule has 79 heavy (non-hydrogen) atoms. The lowest BCUT2D eigenvalue weighted by Gasteiger charge is -2.40. The van der Waals surface area contributed by atoms with Crippen molar-refractivity contribution < 1.29 is 58.2 Å². The number of aliphatic hydroxyl groups excluding tert-OH is 2. The minimum atomic E-state index is -1.94. The smallest absolute Gasteiger partial charge is 0.335 e. The average Bonchev–Trinajstić information content (AvgIpc) is 3.46. The lowest BCUT2D eigenvalue weighted by atomic mass is 9.98. The lowest BCUT2D eigenvalue weighted by Crippen LogP contribution is -2.61. The largest absolute Gasteiger partial charge is 0.479 e. The van der Waals surface area contributed by atoms with Crippen molar-refractivity contribution in [2.24, 2.45) is 0 Å². The maximum atomic E-state index is 13.1. The van der Waals surface area contributed by atoms with E-state index in [4.69, 9.17) is 23.7 Å². The minimum absolute atomic E-state index is 0.0715. The molecule has 1 fully saturated rings. The van der Waals surface area contributed by atoms with E-state index in [2.05, 4.69) is 99.8 Å². The summed E-state index contributed by atoms with van der Waals surface area (Å²) in [6.07, 6.45) is 60.9. The van der Waals surface area contributed by atoms with Crippen molar-refractivity contribution in [1.29, 1.82) is 0 Å². The molecule has 1 aliphatic rings. The summed E-state index contributed by atoms with van der Waals surface area (Å²) in [5.41, 5.74) is 0. The summed E-state index contributed by atoms with van der Waals surface area (Å²) in [4.78, 5) is 51.1. The van der Waals surface area contributed by atoms with Gasteiger partial charge in [-0.3, -0.25) is 14.4 Å². The molecule has 1 rings (SSSR count). The van der Waals surface area contributed by atoms with Crippen LogP contribution in [-0.2, 0) is 42.9 Å². The molecule has 0 amide bonds. The van der Waals surface area contributed by atoms with E-state index in [-0.39, 0.29) is 25.9 Å². The first kappa shape index (κ1) is 72.4. The van der Waals surface area contributed by atoms with Gasteiger partial charge in [0.1, 0.15) is 18.8 Å². The second-order valence-electron chi connectivity index (χ2n) is 20.6. The molecule has 0 bridgehead atoms. The van der Waals surface area contributed by atoms with Crippen LogP contribution in [0.1, 0.15) is 239 Å². The Morgan fingerprint density at radius 1 is 0.430 bits per heavy atom. The van der Waals surface area contributed by atoms with Gasteiger partial charge in [0.15, 0.2) is 24.6 Å². The van der Waals surface area contributed by atoms with E-state index in [0.29, 0.717) is 32.1 Å². The number of aliphatic carboxylic acids is 1. The fraction of sp³-hybridized carbons (Fsp3) is 0.672. The van der Waals surface area contributed by atoms with Crippen LogP contribution in [0.3, 0.4) is 0 Å². The number of carbonyl (C=O) groups excluding carboxylic acids is 3. The number of carboxylic acid groups (broad SMARTS) is 1. The molecule has 0 saturated carbocycles. The SMILES string of the molecule is CC/C=C\C/C=C\C/C=C\C/C=C\C/C=C\CCCC(=O)OC(COC(=O)CCCCCCCCCCCCCCCCCCCCC)COC1OC(C(=O)O)C(O)C(O)C1OC(=O)CC/C=C\C/C=C\C/C=C\C/C=C\CC. The van der Waals surface area contributed by atoms with Crippen LogP contribution in [-0.4, -0.2) is 89.2 Å². The van der Waals surface area contributed by atoms with E-state index in [0.717, 1.165) is 70.6 Å². The number of ether oxygens (including phenoxy) is 5. The maximum Gasteiger partial charge on any atom is 0.335 e. The highest BCUT2D eigenvalue weighted by Gasteiger charge is 2.50. The van der Waals surface area contributed by atoms with Crippen LogP contribution >= 0.6 is 0 Å². The van der Waals surface area contributed by atoms with Gasteiger partial charge < -0.3 is 39.0 Å². The number of allylic oxidation sites excluding steroid dienone is 18. The van der Waals surface area contributed by atoms with Crippen LogP contribution < -0.4 is 0 Å². The Hall–Kier alpha value is -4.62. The van der Waals surface area contributed by atoms with E-state index in [1.807, 2.05) is 30.4 Å². The second-order valence-corrected chi connectivity index (χ2v) is 20.6. The molecule has 0 radical (unpaired) electrons. The zero-order chi connectivity index (χ0) is 57.5. The molecule has 12 nitrogen and oxygen atoms in total.